The quantitative estimate of drug-likeness (QED) is 0.575. The molecule has 0 aliphatic heterocycles. The summed E-state index contributed by atoms with van der Waals surface area (Å²) in [6.45, 7) is 4.31. The first-order chi connectivity index (χ1) is 12.4. The summed E-state index contributed by atoms with van der Waals surface area (Å²) < 4.78 is 5.63. The number of carbonyl (C=O) groups excluding carboxylic acids is 2. The van der Waals surface area contributed by atoms with E-state index in [1.165, 1.54) is 0 Å². The fourth-order valence-electron chi connectivity index (χ4n) is 2.33. The van der Waals surface area contributed by atoms with Crippen LogP contribution in [0.3, 0.4) is 0 Å². The zero-order valence-corrected chi connectivity index (χ0v) is 15.7. The van der Waals surface area contributed by atoms with E-state index in [-0.39, 0.29) is 24.7 Å². The van der Waals surface area contributed by atoms with Crippen LogP contribution in [0, 0.1) is 13.8 Å². The summed E-state index contributed by atoms with van der Waals surface area (Å²) in [5.41, 5.74) is 7.83. The first-order valence-corrected chi connectivity index (χ1v) is 8.84. The van der Waals surface area contributed by atoms with E-state index in [4.69, 9.17) is 16.3 Å². The second kappa shape index (κ2) is 9.82. The van der Waals surface area contributed by atoms with Gasteiger partial charge in [-0.1, -0.05) is 41.4 Å². The van der Waals surface area contributed by atoms with E-state index in [1.807, 2.05) is 50.2 Å². The smallest absolute Gasteiger partial charge is 0.242 e. The van der Waals surface area contributed by atoms with Crippen molar-refractivity contribution >= 4 is 23.4 Å². The van der Waals surface area contributed by atoms with E-state index in [0.717, 1.165) is 22.4 Å². The molecule has 0 spiro atoms. The molecule has 138 valence electrons. The number of benzene rings is 2. The van der Waals surface area contributed by atoms with Crippen molar-refractivity contribution in [2.45, 2.75) is 33.1 Å². The lowest BCUT2D eigenvalue weighted by atomic mass is 10.1. The van der Waals surface area contributed by atoms with Gasteiger partial charge in [-0.2, -0.15) is 0 Å². The first kappa shape index (κ1) is 19.8. The number of hydrogen-bond acceptors (Lipinski definition) is 3. The van der Waals surface area contributed by atoms with Crippen molar-refractivity contribution in [3.05, 3.63) is 64.2 Å². The minimum atomic E-state index is -0.254. The number of amides is 2. The number of ether oxygens (including phenoxy) is 1. The summed E-state index contributed by atoms with van der Waals surface area (Å²) in [5, 5.41) is 0.663. The zero-order chi connectivity index (χ0) is 18.9. The van der Waals surface area contributed by atoms with Gasteiger partial charge in [0.05, 0.1) is 13.0 Å². The fourth-order valence-corrected chi connectivity index (χ4v) is 2.55. The number of hydrazine groups is 1. The van der Waals surface area contributed by atoms with Crippen LogP contribution in [0.15, 0.2) is 42.5 Å². The Labute approximate surface area is 158 Å². The molecule has 0 aromatic heterocycles. The summed E-state index contributed by atoms with van der Waals surface area (Å²) >= 11 is 5.90. The van der Waals surface area contributed by atoms with Gasteiger partial charge < -0.3 is 4.74 Å². The predicted octanol–water partition coefficient (Wildman–Crippen LogP) is 3.51. The van der Waals surface area contributed by atoms with Crippen molar-refractivity contribution in [2.75, 3.05) is 6.61 Å². The number of hydrogen-bond donors (Lipinski definition) is 2. The minimum absolute atomic E-state index is 0.222. The highest BCUT2D eigenvalue weighted by molar-refractivity contribution is 6.30. The summed E-state index contributed by atoms with van der Waals surface area (Å²) in [7, 11) is 0. The lowest BCUT2D eigenvalue weighted by molar-refractivity contribution is -0.128. The van der Waals surface area contributed by atoms with Crippen molar-refractivity contribution in [3.63, 3.8) is 0 Å². The summed E-state index contributed by atoms with van der Waals surface area (Å²) in [6.07, 6.45) is 1.03. The van der Waals surface area contributed by atoms with Gasteiger partial charge in [-0.25, -0.2) is 0 Å². The molecule has 2 aromatic rings. The molecular formula is C20H23ClN2O3. The Kier molecular flexibility index (Phi) is 7.48. The monoisotopic (exact) mass is 374 g/mol. The van der Waals surface area contributed by atoms with E-state index in [9.17, 15) is 9.59 Å². The van der Waals surface area contributed by atoms with Crippen LogP contribution in [0.2, 0.25) is 5.02 Å². The SMILES string of the molecule is Cc1ccc(CC(=O)NNC(=O)CCCOc2ccc(Cl)cc2C)cc1. The van der Waals surface area contributed by atoms with Crippen LogP contribution >= 0.6 is 11.6 Å². The molecule has 2 amide bonds. The maximum atomic E-state index is 11.8. The van der Waals surface area contributed by atoms with E-state index in [0.29, 0.717) is 18.1 Å². The number of aryl methyl sites for hydroxylation is 2. The van der Waals surface area contributed by atoms with Gasteiger partial charge in [0.25, 0.3) is 0 Å². The second-order valence-corrected chi connectivity index (χ2v) is 6.56. The number of carbonyl (C=O) groups is 2. The van der Waals surface area contributed by atoms with Gasteiger partial charge in [0, 0.05) is 11.4 Å². The highest BCUT2D eigenvalue weighted by atomic mass is 35.5. The van der Waals surface area contributed by atoms with E-state index < -0.39 is 0 Å². The van der Waals surface area contributed by atoms with Crippen molar-refractivity contribution < 1.29 is 14.3 Å². The Morgan fingerprint density at radius 2 is 1.69 bits per heavy atom. The van der Waals surface area contributed by atoms with E-state index >= 15 is 0 Å². The molecule has 0 fully saturated rings. The second-order valence-electron chi connectivity index (χ2n) is 6.12. The van der Waals surface area contributed by atoms with Gasteiger partial charge in [-0.15, -0.1) is 0 Å². The first-order valence-electron chi connectivity index (χ1n) is 8.46. The molecule has 0 heterocycles. The molecule has 2 aromatic carbocycles. The molecule has 0 aliphatic carbocycles. The third-order valence-corrected chi connectivity index (χ3v) is 4.00. The van der Waals surface area contributed by atoms with Gasteiger partial charge in [-0.3, -0.25) is 20.4 Å². The fraction of sp³-hybridized carbons (Fsp3) is 0.300. The van der Waals surface area contributed by atoms with E-state index in [2.05, 4.69) is 10.9 Å². The van der Waals surface area contributed by atoms with Gasteiger partial charge in [-0.05, 0) is 49.6 Å². The molecule has 0 aliphatic rings. The van der Waals surface area contributed by atoms with Crippen molar-refractivity contribution in [1.82, 2.24) is 10.9 Å². The lowest BCUT2D eigenvalue weighted by Crippen LogP contribution is -2.42. The van der Waals surface area contributed by atoms with Crippen LogP contribution in [0.1, 0.15) is 29.5 Å². The Balaban J connectivity index is 1.62. The molecule has 6 heteroatoms. The summed E-state index contributed by atoms with van der Waals surface area (Å²) in [4.78, 5) is 23.6. The van der Waals surface area contributed by atoms with Crippen LogP contribution in [-0.2, 0) is 16.0 Å². The molecule has 2 rings (SSSR count). The Morgan fingerprint density at radius 1 is 1.00 bits per heavy atom. The van der Waals surface area contributed by atoms with Crippen LogP contribution in [0.5, 0.6) is 5.75 Å². The average Bonchev–Trinajstić information content (AvgIpc) is 2.60. The topological polar surface area (TPSA) is 67.4 Å². The molecule has 5 nitrogen and oxygen atoms in total. The molecule has 26 heavy (non-hydrogen) atoms. The maximum Gasteiger partial charge on any atom is 0.242 e. The Hall–Kier alpha value is -2.53. The highest BCUT2D eigenvalue weighted by Crippen LogP contribution is 2.21. The Morgan fingerprint density at radius 3 is 2.38 bits per heavy atom. The highest BCUT2D eigenvalue weighted by Gasteiger charge is 2.06. The standard InChI is InChI=1S/C20H23ClN2O3/c1-14-5-7-16(8-6-14)13-20(25)23-22-19(24)4-3-11-26-18-10-9-17(21)12-15(18)2/h5-10,12H,3-4,11,13H2,1-2H3,(H,22,24)(H,23,25). The minimum Gasteiger partial charge on any atom is -0.493 e. The van der Waals surface area contributed by atoms with E-state index in [1.54, 1.807) is 6.07 Å². The van der Waals surface area contributed by atoms with Crippen LogP contribution in [0.25, 0.3) is 0 Å². The summed E-state index contributed by atoms with van der Waals surface area (Å²) in [5.74, 6) is 0.245. The normalized spacial score (nSPS) is 10.3. The van der Waals surface area contributed by atoms with Gasteiger partial charge in [0.15, 0.2) is 0 Å². The molecule has 0 unspecified atom stereocenters. The lowest BCUT2D eigenvalue weighted by Gasteiger charge is -2.10. The third-order valence-electron chi connectivity index (χ3n) is 3.77. The number of rotatable bonds is 7. The molecule has 0 bridgehead atoms. The van der Waals surface area contributed by atoms with Gasteiger partial charge in [0.2, 0.25) is 11.8 Å². The van der Waals surface area contributed by atoms with Crippen LogP contribution in [-0.4, -0.2) is 18.4 Å². The third kappa shape index (κ3) is 6.76. The summed E-state index contributed by atoms with van der Waals surface area (Å²) in [6, 6.07) is 13.1. The van der Waals surface area contributed by atoms with Crippen LogP contribution in [0.4, 0.5) is 0 Å². The molecular weight excluding hydrogens is 352 g/mol. The van der Waals surface area contributed by atoms with Crippen molar-refractivity contribution in [2.24, 2.45) is 0 Å². The largest absolute Gasteiger partial charge is 0.493 e. The Bertz CT molecular complexity index is 760. The van der Waals surface area contributed by atoms with Crippen molar-refractivity contribution in [3.8, 4) is 5.75 Å². The van der Waals surface area contributed by atoms with Crippen LogP contribution < -0.4 is 15.6 Å². The number of nitrogens with one attached hydrogen (secondary N) is 2. The molecule has 2 N–H and O–H groups in total. The predicted molar refractivity (Wildman–Crippen MR) is 102 cm³/mol. The maximum absolute atomic E-state index is 11.8. The number of halogens is 1. The molecule has 0 atom stereocenters. The molecule has 0 radical (unpaired) electrons. The molecule has 0 saturated heterocycles. The van der Waals surface area contributed by atoms with Gasteiger partial charge >= 0.3 is 0 Å². The average molecular weight is 375 g/mol. The van der Waals surface area contributed by atoms with Gasteiger partial charge in [0.1, 0.15) is 5.75 Å². The van der Waals surface area contributed by atoms with Crippen molar-refractivity contribution in [1.29, 1.82) is 0 Å². The zero-order valence-electron chi connectivity index (χ0n) is 15.0. The molecule has 0 saturated carbocycles.